The molecule has 9 heteroatoms. The zero-order chi connectivity index (χ0) is 25.4. The number of ether oxygens (including phenoxy) is 1. The smallest absolute Gasteiger partial charge is 0.241 e. The molecular formula is C26H41N6O3-. The summed E-state index contributed by atoms with van der Waals surface area (Å²) in [5.74, 6) is 1.24. The molecule has 9 nitrogen and oxygen atoms in total. The Kier molecular flexibility index (Phi) is 9.92. The number of carbonyl (C=O) groups is 2. The fourth-order valence-corrected chi connectivity index (χ4v) is 4.66. The zero-order valence-electron chi connectivity index (χ0n) is 21.1. The van der Waals surface area contributed by atoms with E-state index in [1.807, 2.05) is 38.1 Å². The molecule has 0 bridgehead atoms. The van der Waals surface area contributed by atoms with E-state index >= 15 is 0 Å². The second kappa shape index (κ2) is 12.9. The minimum atomic E-state index is -0.581. The third-order valence-electron chi connectivity index (χ3n) is 6.99. The highest BCUT2D eigenvalue weighted by Crippen LogP contribution is 2.23. The molecule has 2 aliphatic heterocycles. The van der Waals surface area contributed by atoms with E-state index in [1.54, 1.807) is 9.80 Å². The molecule has 0 saturated carbocycles. The van der Waals surface area contributed by atoms with Crippen LogP contribution in [0.15, 0.2) is 24.3 Å². The number of nitrogens with two attached hydrogens (primary N) is 2. The molecule has 3 rings (SSSR count). The van der Waals surface area contributed by atoms with E-state index in [0.29, 0.717) is 38.6 Å². The maximum absolute atomic E-state index is 12.5. The summed E-state index contributed by atoms with van der Waals surface area (Å²) >= 11 is 0. The van der Waals surface area contributed by atoms with Gasteiger partial charge in [-0.05, 0) is 74.5 Å². The van der Waals surface area contributed by atoms with Gasteiger partial charge in [0.05, 0.1) is 18.8 Å². The van der Waals surface area contributed by atoms with Gasteiger partial charge in [0.15, 0.2) is 0 Å². The molecule has 3 amide bonds. The van der Waals surface area contributed by atoms with Crippen LogP contribution in [-0.4, -0.2) is 66.0 Å². The number of urea groups is 1. The summed E-state index contributed by atoms with van der Waals surface area (Å²) < 4.78 is 5.90. The van der Waals surface area contributed by atoms with Gasteiger partial charge in [0.25, 0.3) is 0 Å². The normalized spacial score (nSPS) is 19.6. The van der Waals surface area contributed by atoms with Crippen molar-refractivity contribution >= 4 is 17.8 Å². The van der Waals surface area contributed by atoms with Crippen LogP contribution >= 0.6 is 0 Å². The minimum absolute atomic E-state index is 0.0189. The number of benzene rings is 1. The van der Waals surface area contributed by atoms with Gasteiger partial charge in [0.1, 0.15) is 5.75 Å². The van der Waals surface area contributed by atoms with Gasteiger partial charge in [0, 0.05) is 19.6 Å². The van der Waals surface area contributed by atoms with Crippen molar-refractivity contribution in [3.8, 4) is 5.75 Å². The predicted molar refractivity (Wildman–Crippen MR) is 138 cm³/mol. The fraction of sp³-hybridized carbons (Fsp3) is 0.654. The van der Waals surface area contributed by atoms with Gasteiger partial charge in [-0.2, -0.15) is 0 Å². The Balaban J connectivity index is 1.31. The topological polar surface area (TPSA) is 136 Å². The van der Waals surface area contributed by atoms with Crippen molar-refractivity contribution in [3.05, 3.63) is 35.2 Å². The molecule has 1 aromatic rings. The molecule has 0 spiro atoms. The van der Waals surface area contributed by atoms with E-state index in [0.717, 1.165) is 49.8 Å². The van der Waals surface area contributed by atoms with Gasteiger partial charge >= 0.3 is 0 Å². The van der Waals surface area contributed by atoms with Crippen LogP contribution in [0.2, 0.25) is 0 Å². The largest absolute Gasteiger partial charge is 0.494 e. The summed E-state index contributed by atoms with van der Waals surface area (Å²) in [5.41, 5.74) is 13.1. The number of likely N-dealkylation sites (tertiary alicyclic amines) is 2. The third-order valence-corrected chi connectivity index (χ3v) is 6.99. The lowest BCUT2D eigenvalue weighted by molar-refractivity contribution is -0.133. The summed E-state index contributed by atoms with van der Waals surface area (Å²) in [5, 5.41) is 12.3. The molecule has 0 aliphatic carbocycles. The Hall–Kier alpha value is -2.65. The van der Waals surface area contributed by atoms with Crippen molar-refractivity contribution in [2.24, 2.45) is 23.3 Å². The molecule has 35 heavy (non-hydrogen) atoms. The maximum Gasteiger partial charge on any atom is 0.241 e. The zero-order valence-corrected chi connectivity index (χ0v) is 21.1. The lowest BCUT2D eigenvalue weighted by Crippen LogP contribution is -2.49. The second-order valence-electron chi connectivity index (χ2n) is 10.1. The Bertz CT molecular complexity index is 851. The molecule has 0 aromatic heterocycles. The lowest BCUT2D eigenvalue weighted by Gasteiger charge is -2.35. The minimum Gasteiger partial charge on any atom is -0.494 e. The maximum atomic E-state index is 12.5. The number of hydrogen-bond donors (Lipinski definition) is 3. The molecule has 2 saturated heterocycles. The summed E-state index contributed by atoms with van der Waals surface area (Å²) in [4.78, 5) is 28.2. The molecule has 194 valence electrons. The number of carbonyl (C=O) groups excluding carboxylic acids is 2. The van der Waals surface area contributed by atoms with Crippen LogP contribution in [-0.2, 0) is 11.2 Å². The number of amidine groups is 1. The van der Waals surface area contributed by atoms with E-state index in [-0.39, 0.29) is 29.9 Å². The molecule has 0 unspecified atom stereocenters. The first-order valence-electron chi connectivity index (χ1n) is 12.9. The molecule has 2 fully saturated rings. The van der Waals surface area contributed by atoms with Gasteiger partial charge < -0.3 is 36.7 Å². The van der Waals surface area contributed by atoms with E-state index in [4.69, 9.17) is 16.2 Å². The van der Waals surface area contributed by atoms with Crippen molar-refractivity contribution in [2.45, 2.75) is 71.0 Å². The molecular weight excluding hydrogens is 444 g/mol. The molecule has 0 radical (unpaired) electrons. The second-order valence-corrected chi connectivity index (χ2v) is 10.1. The average molecular weight is 486 g/mol. The molecule has 2 atom stereocenters. The van der Waals surface area contributed by atoms with Crippen LogP contribution < -0.4 is 21.5 Å². The molecule has 1 aromatic carbocycles. The van der Waals surface area contributed by atoms with Crippen LogP contribution in [0.25, 0.3) is 5.41 Å². The Morgan fingerprint density at radius 2 is 1.83 bits per heavy atom. The van der Waals surface area contributed by atoms with Gasteiger partial charge in [-0.3, -0.25) is 9.59 Å². The first-order valence-corrected chi connectivity index (χ1v) is 12.9. The standard InChI is InChI=1S/C26H41N6O3/c1-18(2)24(29)30-26(34)31-14-11-19(12-15-31)5-4-16-35-21-9-7-20(8-10-21)17-22(27)25(33)32-13-3-6-23(32)28/h7-10,18-19,22-23H,3-6,11-17,27-28H2,1-2H3,(H-,29,30,34)/q-1/t22-,23-/m0/s1. The van der Waals surface area contributed by atoms with E-state index in [2.05, 4.69) is 5.32 Å². The summed E-state index contributed by atoms with van der Waals surface area (Å²) in [6.07, 6.45) is 5.99. The number of nitrogens with one attached hydrogen (secondary N) is 1. The lowest BCUT2D eigenvalue weighted by atomic mass is 9.92. The molecule has 2 aliphatic rings. The molecule has 5 N–H and O–H groups in total. The number of rotatable bonds is 9. The number of nitrogens with zero attached hydrogens (tertiary/aromatic N) is 3. The van der Waals surface area contributed by atoms with Gasteiger partial charge in [0.2, 0.25) is 11.9 Å². The quantitative estimate of drug-likeness (QED) is 0.281. The van der Waals surface area contributed by atoms with Crippen LogP contribution in [0.1, 0.15) is 57.9 Å². The van der Waals surface area contributed by atoms with Crippen molar-refractivity contribution in [1.29, 1.82) is 0 Å². The third kappa shape index (κ3) is 7.93. The van der Waals surface area contributed by atoms with Crippen LogP contribution in [0, 0.1) is 11.8 Å². The van der Waals surface area contributed by atoms with Crippen molar-refractivity contribution in [3.63, 3.8) is 0 Å². The van der Waals surface area contributed by atoms with Gasteiger partial charge in [-0.25, -0.2) is 0 Å². The fourth-order valence-electron chi connectivity index (χ4n) is 4.66. The summed E-state index contributed by atoms with van der Waals surface area (Å²) in [6.45, 7) is 6.42. The average Bonchev–Trinajstić information content (AvgIpc) is 3.28. The Labute approximate surface area is 209 Å². The van der Waals surface area contributed by atoms with Crippen LogP contribution in [0.3, 0.4) is 0 Å². The van der Waals surface area contributed by atoms with Crippen molar-refractivity contribution in [1.82, 2.24) is 15.1 Å². The Morgan fingerprint density at radius 3 is 2.43 bits per heavy atom. The van der Waals surface area contributed by atoms with Gasteiger partial charge in [-0.1, -0.05) is 31.8 Å². The monoisotopic (exact) mass is 485 g/mol. The summed E-state index contributed by atoms with van der Waals surface area (Å²) in [6, 6.07) is 6.97. The molecule has 2 heterocycles. The van der Waals surface area contributed by atoms with Crippen molar-refractivity contribution in [2.75, 3.05) is 26.2 Å². The summed E-state index contributed by atoms with van der Waals surface area (Å²) in [7, 11) is 0. The number of hydrogen-bond acceptors (Lipinski definition) is 5. The van der Waals surface area contributed by atoms with E-state index < -0.39 is 6.04 Å². The highest BCUT2D eigenvalue weighted by atomic mass is 16.5. The van der Waals surface area contributed by atoms with Crippen LogP contribution in [0.4, 0.5) is 4.79 Å². The van der Waals surface area contributed by atoms with Crippen molar-refractivity contribution < 1.29 is 14.3 Å². The number of amides is 3. The van der Waals surface area contributed by atoms with Gasteiger partial charge in [-0.15, -0.1) is 0 Å². The van der Waals surface area contributed by atoms with E-state index in [1.165, 1.54) is 0 Å². The first-order chi connectivity index (χ1) is 16.7. The highest BCUT2D eigenvalue weighted by molar-refractivity contribution is 6.00. The van der Waals surface area contributed by atoms with E-state index in [9.17, 15) is 15.0 Å². The Morgan fingerprint density at radius 1 is 1.14 bits per heavy atom. The predicted octanol–water partition coefficient (Wildman–Crippen LogP) is 2.67. The highest BCUT2D eigenvalue weighted by Gasteiger charge is 2.29. The first kappa shape index (κ1) is 26.9. The SMILES string of the molecule is CC(C)C(=[N-])NC(=O)N1CCC(CCCOc2ccc(C[C@H](N)C(=O)N3CCC[C@H]3N)cc2)CC1. The van der Waals surface area contributed by atoms with Crippen LogP contribution in [0.5, 0.6) is 5.75 Å². The number of piperidine rings is 1.